The van der Waals surface area contributed by atoms with Gasteiger partial charge in [0, 0.05) is 11.5 Å². The molecule has 2 aromatic rings. The highest BCUT2D eigenvalue weighted by Crippen LogP contribution is 2.23. The number of halogens is 2. The normalized spacial score (nSPS) is 10.7. The van der Waals surface area contributed by atoms with Gasteiger partial charge < -0.3 is 4.42 Å². The summed E-state index contributed by atoms with van der Waals surface area (Å²) in [6, 6.07) is 4.84. The first-order valence-electron chi connectivity index (χ1n) is 3.09. The minimum Gasteiger partial charge on any atom is -0.464 e. The summed E-state index contributed by atoms with van der Waals surface area (Å²) in [6.07, 6.45) is 1.54. The molecular weight excluding hydrogens is 211 g/mol. The quantitative estimate of drug-likeness (QED) is 0.656. The molecule has 0 N–H and O–H groups in total. The van der Waals surface area contributed by atoms with E-state index in [1.807, 2.05) is 0 Å². The van der Waals surface area contributed by atoms with Crippen LogP contribution in [0.3, 0.4) is 0 Å². The highest BCUT2D eigenvalue weighted by atomic mass is 79.9. The van der Waals surface area contributed by atoms with Gasteiger partial charge in [-0.2, -0.15) is 0 Å². The average molecular weight is 215 g/mol. The smallest absolute Gasteiger partial charge is 0.141 e. The van der Waals surface area contributed by atoms with Crippen LogP contribution in [0.15, 0.2) is 33.4 Å². The van der Waals surface area contributed by atoms with Crippen LogP contribution in [0.1, 0.15) is 0 Å². The molecular formula is C8H4BrFO. The second kappa shape index (κ2) is 2.34. The van der Waals surface area contributed by atoms with Gasteiger partial charge >= 0.3 is 0 Å². The van der Waals surface area contributed by atoms with Gasteiger partial charge in [-0.15, -0.1) is 0 Å². The lowest BCUT2D eigenvalue weighted by atomic mass is 10.2. The largest absolute Gasteiger partial charge is 0.464 e. The molecule has 0 amide bonds. The van der Waals surface area contributed by atoms with Gasteiger partial charge in [0.2, 0.25) is 0 Å². The van der Waals surface area contributed by atoms with Gasteiger partial charge in [-0.3, -0.25) is 0 Å². The van der Waals surface area contributed by atoms with E-state index in [9.17, 15) is 4.39 Å². The highest BCUT2D eigenvalue weighted by Gasteiger charge is 2.02. The third kappa shape index (κ3) is 1.05. The molecule has 3 heteroatoms. The Labute approximate surface area is 70.9 Å². The Morgan fingerprint density at radius 2 is 2.18 bits per heavy atom. The molecule has 0 aliphatic rings. The molecule has 0 aliphatic carbocycles. The molecule has 0 unspecified atom stereocenters. The molecule has 2 rings (SSSR count). The van der Waals surface area contributed by atoms with Gasteiger partial charge in [0.05, 0.1) is 10.7 Å². The Morgan fingerprint density at radius 3 is 3.00 bits per heavy atom. The van der Waals surface area contributed by atoms with Crippen molar-refractivity contribution in [2.45, 2.75) is 0 Å². The van der Waals surface area contributed by atoms with E-state index in [1.54, 1.807) is 12.1 Å². The molecule has 11 heavy (non-hydrogen) atoms. The molecule has 0 saturated heterocycles. The summed E-state index contributed by atoms with van der Waals surface area (Å²) in [5.74, 6) is -0.299. The summed E-state index contributed by atoms with van der Waals surface area (Å²) in [6.45, 7) is 0. The maximum atomic E-state index is 12.8. The molecule has 1 aromatic heterocycles. The fourth-order valence-corrected chi connectivity index (χ4v) is 1.32. The molecule has 0 bridgehead atoms. The Kier molecular flexibility index (Phi) is 1.46. The number of hydrogen-bond donors (Lipinski definition) is 0. The molecule has 1 aromatic carbocycles. The van der Waals surface area contributed by atoms with Crippen molar-refractivity contribution in [1.29, 1.82) is 0 Å². The predicted molar refractivity (Wildman–Crippen MR) is 43.9 cm³/mol. The van der Waals surface area contributed by atoms with E-state index in [1.165, 1.54) is 12.3 Å². The molecule has 0 fully saturated rings. The van der Waals surface area contributed by atoms with Crippen LogP contribution in [0.4, 0.5) is 4.39 Å². The summed E-state index contributed by atoms with van der Waals surface area (Å²) in [5.41, 5.74) is 0.575. The van der Waals surface area contributed by atoms with Crippen molar-refractivity contribution in [2.24, 2.45) is 0 Å². The Morgan fingerprint density at radius 1 is 1.36 bits per heavy atom. The maximum Gasteiger partial charge on any atom is 0.141 e. The van der Waals surface area contributed by atoms with Crippen LogP contribution in [-0.4, -0.2) is 0 Å². The van der Waals surface area contributed by atoms with E-state index in [0.29, 0.717) is 10.1 Å². The number of furan rings is 1. The van der Waals surface area contributed by atoms with Crippen LogP contribution in [0.25, 0.3) is 11.0 Å². The fraction of sp³-hybridized carbons (Fsp3) is 0. The number of fused-ring (bicyclic) bond motifs is 1. The molecule has 0 saturated carbocycles. The molecule has 56 valence electrons. The second-order valence-electron chi connectivity index (χ2n) is 2.22. The average Bonchev–Trinajstić information content (AvgIpc) is 2.36. The van der Waals surface area contributed by atoms with Crippen LogP contribution < -0.4 is 0 Å². The third-order valence-corrected chi connectivity index (χ3v) is 2.10. The minimum atomic E-state index is -0.299. The topological polar surface area (TPSA) is 13.1 Å². The van der Waals surface area contributed by atoms with Gasteiger partial charge in [0.25, 0.3) is 0 Å². The SMILES string of the molecule is Fc1cc2occc2cc1Br. The molecule has 1 nitrogen and oxygen atoms in total. The van der Waals surface area contributed by atoms with Gasteiger partial charge in [-0.25, -0.2) is 4.39 Å². The third-order valence-electron chi connectivity index (χ3n) is 1.50. The fourth-order valence-electron chi connectivity index (χ4n) is 0.957. The van der Waals surface area contributed by atoms with Crippen molar-refractivity contribution in [3.63, 3.8) is 0 Å². The number of benzene rings is 1. The van der Waals surface area contributed by atoms with Crippen molar-refractivity contribution in [3.8, 4) is 0 Å². The Hall–Kier alpha value is -0.830. The van der Waals surface area contributed by atoms with E-state index in [4.69, 9.17) is 4.42 Å². The van der Waals surface area contributed by atoms with E-state index >= 15 is 0 Å². The van der Waals surface area contributed by atoms with Gasteiger partial charge in [0.15, 0.2) is 0 Å². The van der Waals surface area contributed by atoms with Gasteiger partial charge in [0.1, 0.15) is 11.4 Å². The summed E-state index contributed by atoms with van der Waals surface area (Å²) in [7, 11) is 0. The van der Waals surface area contributed by atoms with Crippen LogP contribution in [0, 0.1) is 5.82 Å². The van der Waals surface area contributed by atoms with Crippen molar-refractivity contribution in [2.75, 3.05) is 0 Å². The zero-order valence-electron chi connectivity index (χ0n) is 5.47. The number of rotatable bonds is 0. The molecule has 0 radical (unpaired) electrons. The Bertz CT molecular complexity index is 358. The van der Waals surface area contributed by atoms with Gasteiger partial charge in [-0.05, 0) is 28.1 Å². The second-order valence-corrected chi connectivity index (χ2v) is 3.08. The summed E-state index contributed by atoms with van der Waals surface area (Å²) >= 11 is 3.08. The molecule has 0 spiro atoms. The molecule has 0 atom stereocenters. The zero-order chi connectivity index (χ0) is 7.84. The zero-order valence-corrected chi connectivity index (χ0v) is 7.06. The van der Waals surface area contributed by atoms with Crippen molar-refractivity contribution >= 4 is 26.9 Å². The lowest BCUT2D eigenvalue weighted by Gasteiger charge is -1.92. The van der Waals surface area contributed by atoms with Gasteiger partial charge in [-0.1, -0.05) is 0 Å². The van der Waals surface area contributed by atoms with Crippen LogP contribution in [0.5, 0.6) is 0 Å². The number of hydrogen-bond acceptors (Lipinski definition) is 1. The van der Waals surface area contributed by atoms with Crippen LogP contribution in [0.2, 0.25) is 0 Å². The van der Waals surface area contributed by atoms with E-state index in [0.717, 1.165) is 5.39 Å². The lowest BCUT2D eigenvalue weighted by Crippen LogP contribution is -1.74. The first kappa shape index (κ1) is 6.85. The minimum absolute atomic E-state index is 0.299. The Balaban J connectivity index is 2.86. The first-order valence-corrected chi connectivity index (χ1v) is 3.89. The van der Waals surface area contributed by atoms with E-state index in [-0.39, 0.29) is 5.82 Å². The summed E-state index contributed by atoms with van der Waals surface area (Å²) in [4.78, 5) is 0. The monoisotopic (exact) mass is 214 g/mol. The van der Waals surface area contributed by atoms with E-state index < -0.39 is 0 Å². The highest BCUT2D eigenvalue weighted by molar-refractivity contribution is 9.10. The standard InChI is InChI=1S/C8H4BrFO/c9-6-3-5-1-2-11-8(5)4-7(6)10/h1-4H. The molecule has 0 aliphatic heterocycles. The van der Waals surface area contributed by atoms with Crippen LogP contribution >= 0.6 is 15.9 Å². The van der Waals surface area contributed by atoms with Crippen molar-refractivity contribution in [3.05, 3.63) is 34.8 Å². The lowest BCUT2D eigenvalue weighted by molar-refractivity contribution is 0.596. The predicted octanol–water partition coefficient (Wildman–Crippen LogP) is 3.33. The molecule has 1 heterocycles. The van der Waals surface area contributed by atoms with Crippen LogP contribution in [-0.2, 0) is 0 Å². The summed E-state index contributed by atoms with van der Waals surface area (Å²) < 4.78 is 18.3. The van der Waals surface area contributed by atoms with E-state index in [2.05, 4.69) is 15.9 Å². The summed E-state index contributed by atoms with van der Waals surface area (Å²) in [5, 5.41) is 0.901. The maximum absolute atomic E-state index is 12.8. The van der Waals surface area contributed by atoms with Crippen molar-refractivity contribution < 1.29 is 8.81 Å². The van der Waals surface area contributed by atoms with Crippen molar-refractivity contribution in [1.82, 2.24) is 0 Å². The first-order chi connectivity index (χ1) is 5.27.